The number of carbonyl (C=O) groups is 1. The molecule has 2 aliphatic rings. The van der Waals surface area contributed by atoms with Crippen molar-refractivity contribution in [2.75, 3.05) is 30.8 Å². The molecular weight excluding hydrogens is 354 g/mol. The summed E-state index contributed by atoms with van der Waals surface area (Å²) in [4.78, 5) is 12.1. The standard InChI is InChI=1S/C18H27N3O4S/c1-2-10-26(23,24)21-8-7-14-5-6-16(11-15(14)13-21)20-18(22)19-12-17-4-3-9-25-17/h5-6,11,17H,2-4,7-10,12-13H2,1H3,(H2,19,20,22)/t17-/m1/s1. The number of nitrogens with one attached hydrogen (secondary N) is 2. The molecule has 1 atom stereocenters. The van der Waals surface area contributed by atoms with Crippen LogP contribution in [0.5, 0.6) is 0 Å². The van der Waals surface area contributed by atoms with Gasteiger partial charge in [-0.1, -0.05) is 13.0 Å². The van der Waals surface area contributed by atoms with Gasteiger partial charge in [-0.05, 0) is 48.9 Å². The minimum absolute atomic E-state index is 0.0987. The van der Waals surface area contributed by atoms with Gasteiger partial charge in [0.2, 0.25) is 10.0 Å². The van der Waals surface area contributed by atoms with Gasteiger partial charge < -0.3 is 15.4 Å². The lowest BCUT2D eigenvalue weighted by molar-refractivity contribution is 0.112. The highest BCUT2D eigenvalue weighted by molar-refractivity contribution is 7.89. The Morgan fingerprint density at radius 3 is 2.92 bits per heavy atom. The Morgan fingerprint density at radius 2 is 2.19 bits per heavy atom. The van der Waals surface area contributed by atoms with E-state index in [1.54, 1.807) is 4.31 Å². The van der Waals surface area contributed by atoms with Gasteiger partial charge in [-0.15, -0.1) is 0 Å². The van der Waals surface area contributed by atoms with Gasteiger partial charge in [0.15, 0.2) is 0 Å². The molecule has 2 aliphatic heterocycles. The molecule has 0 bridgehead atoms. The maximum absolute atomic E-state index is 12.3. The SMILES string of the molecule is CCCS(=O)(=O)N1CCc2ccc(NC(=O)NC[C@H]3CCCO3)cc2C1. The van der Waals surface area contributed by atoms with Gasteiger partial charge in [-0.2, -0.15) is 4.31 Å². The summed E-state index contributed by atoms with van der Waals surface area (Å²) in [6.45, 7) is 4.01. The van der Waals surface area contributed by atoms with Crippen LogP contribution in [-0.2, 0) is 27.7 Å². The van der Waals surface area contributed by atoms with Crippen molar-refractivity contribution >= 4 is 21.7 Å². The summed E-state index contributed by atoms with van der Waals surface area (Å²) < 4.78 is 31.6. The van der Waals surface area contributed by atoms with E-state index in [-0.39, 0.29) is 17.9 Å². The molecule has 144 valence electrons. The molecule has 0 aliphatic carbocycles. The zero-order valence-corrected chi connectivity index (χ0v) is 16.0. The predicted octanol–water partition coefficient (Wildman–Crippen LogP) is 2.08. The van der Waals surface area contributed by atoms with Crippen molar-refractivity contribution in [2.45, 2.75) is 45.3 Å². The van der Waals surface area contributed by atoms with Gasteiger partial charge in [0.25, 0.3) is 0 Å². The lowest BCUT2D eigenvalue weighted by atomic mass is 10.0. The molecule has 2 heterocycles. The summed E-state index contributed by atoms with van der Waals surface area (Å²) in [5.74, 6) is 0.173. The molecule has 2 amide bonds. The van der Waals surface area contributed by atoms with Crippen LogP contribution in [0.4, 0.5) is 10.5 Å². The number of nitrogens with zero attached hydrogens (tertiary/aromatic N) is 1. The van der Waals surface area contributed by atoms with Crippen molar-refractivity contribution in [1.82, 2.24) is 9.62 Å². The van der Waals surface area contributed by atoms with Crippen LogP contribution in [0.1, 0.15) is 37.3 Å². The number of carbonyl (C=O) groups excluding carboxylic acids is 1. The smallest absolute Gasteiger partial charge is 0.319 e. The second kappa shape index (κ2) is 8.37. The zero-order valence-electron chi connectivity index (χ0n) is 15.2. The monoisotopic (exact) mass is 381 g/mol. The fourth-order valence-corrected chi connectivity index (χ4v) is 4.90. The van der Waals surface area contributed by atoms with Crippen molar-refractivity contribution in [3.05, 3.63) is 29.3 Å². The summed E-state index contributed by atoms with van der Waals surface area (Å²) in [7, 11) is -3.21. The molecule has 1 aromatic rings. The average Bonchev–Trinajstić information content (AvgIpc) is 3.13. The van der Waals surface area contributed by atoms with E-state index in [2.05, 4.69) is 10.6 Å². The van der Waals surface area contributed by atoms with Gasteiger partial charge in [-0.25, -0.2) is 13.2 Å². The second-order valence-electron chi connectivity index (χ2n) is 6.85. The molecule has 2 N–H and O–H groups in total. The van der Waals surface area contributed by atoms with Crippen molar-refractivity contribution in [3.8, 4) is 0 Å². The number of anilines is 1. The molecule has 0 radical (unpaired) electrons. The minimum Gasteiger partial charge on any atom is -0.376 e. The average molecular weight is 381 g/mol. The lowest BCUT2D eigenvalue weighted by Crippen LogP contribution is -2.37. The number of amides is 2. The maximum Gasteiger partial charge on any atom is 0.319 e. The van der Waals surface area contributed by atoms with Crippen molar-refractivity contribution in [3.63, 3.8) is 0 Å². The topological polar surface area (TPSA) is 87.7 Å². The van der Waals surface area contributed by atoms with Crippen LogP contribution >= 0.6 is 0 Å². The molecule has 0 spiro atoms. The first-order valence-electron chi connectivity index (χ1n) is 9.24. The van der Waals surface area contributed by atoms with Gasteiger partial charge >= 0.3 is 6.03 Å². The van der Waals surface area contributed by atoms with E-state index in [4.69, 9.17) is 4.74 Å². The molecule has 1 aromatic carbocycles. The fraction of sp³-hybridized carbons (Fsp3) is 0.611. The Morgan fingerprint density at radius 1 is 1.35 bits per heavy atom. The Balaban J connectivity index is 1.60. The number of fused-ring (bicyclic) bond motifs is 1. The summed E-state index contributed by atoms with van der Waals surface area (Å²) >= 11 is 0. The Labute approximate surface area is 155 Å². The zero-order chi connectivity index (χ0) is 18.6. The van der Waals surface area contributed by atoms with E-state index in [0.29, 0.717) is 38.2 Å². The van der Waals surface area contributed by atoms with Crippen LogP contribution in [0.25, 0.3) is 0 Å². The third kappa shape index (κ3) is 4.75. The quantitative estimate of drug-likeness (QED) is 0.790. The first-order chi connectivity index (χ1) is 12.5. The van der Waals surface area contributed by atoms with E-state index < -0.39 is 10.0 Å². The van der Waals surface area contributed by atoms with E-state index in [9.17, 15) is 13.2 Å². The predicted molar refractivity (Wildman–Crippen MR) is 101 cm³/mol. The largest absolute Gasteiger partial charge is 0.376 e. The van der Waals surface area contributed by atoms with E-state index in [1.165, 1.54) is 0 Å². The Hall–Kier alpha value is -1.64. The molecule has 8 heteroatoms. The molecule has 1 fully saturated rings. The van der Waals surface area contributed by atoms with Gasteiger partial charge in [0, 0.05) is 31.9 Å². The van der Waals surface area contributed by atoms with E-state index >= 15 is 0 Å². The van der Waals surface area contributed by atoms with Gasteiger partial charge in [0.05, 0.1) is 11.9 Å². The van der Waals surface area contributed by atoms with Crippen LogP contribution in [0.3, 0.4) is 0 Å². The second-order valence-corrected chi connectivity index (χ2v) is 8.94. The third-order valence-electron chi connectivity index (χ3n) is 4.81. The fourth-order valence-electron chi connectivity index (χ4n) is 3.42. The molecule has 7 nitrogen and oxygen atoms in total. The summed E-state index contributed by atoms with van der Waals surface area (Å²) in [5.41, 5.74) is 2.76. The minimum atomic E-state index is -3.21. The number of benzene rings is 1. The van der Waals surface area contributed by atoms with Crippen molar-refractivity contribution < 1.29 is 17.9 Å². The molecule has 0 aromatic heterocycles. The number of ether oxygens (including phenoxy) is 1. The normalized spacial score (nSPS) is 20.6. The van der Waals surface area contributed by atoms with Crippen molar-refractivity contribution in [2.24, 2.45) is 0 Å². The highest BCUT2D eigenvalue weighted by Crippen LogP contribution is 2.24. The van der Waals surface area contributed by atoms with E-state index in [1.807, 2.05) is 25.1 Å². The summed E-state index contributed by atoms with van der Waals surface area (Å²) in [6.07, 6.45) is 3.42. The molecule has 0 unspecified atom stereocenters. The third-order valence-corrected chi connectivity index (χ3v) is 6.83. The van der Waals surface area contributed by atoms with Gasteiger partial charge in [-0.3, -0.25) is 0 Å². The number of rotatable bonds is 6. The molecular formula is C18H27N3O4S. The van der Waals surface area contributed by atoms with Crippen LogP contribution in [0.15, 0.2) is 18.2 Å². The van der Waals surface area contributed by atoms with Crippen LogP contribution in [0, 0.1) is 0 Å². The van der Waals surface area contributed by atoms with E-state index in [0.717, 1.165) is 30.6 Å². The number of hydrogen-bond acceptors (Lipinski definition) is 4. The Bertz CT molecular complexity index is 745. The number of hydrogen-bond donors (Lipinski definition) is 2. The number of urea groups is 1. The Kier molecular flexibility index (Phi) is 6.16. The van der Waals surface area contributed by atoms with Crippen LogP contribution in [0.2, 0.25) is 0 Å². The molecule has 1 saturated heterocycles. The first-order valence-corrected chi connectivity index (χ1v) is 10.8. The first kappa shape index (κ1) is 19.1. The maximum atomic E-state index is 12.3. The van der Waals surface area contributed by atoms with Crippen molar-refractivity contribution in [1.29, 1.82) is 0 Å². The molecule has 3 rings (SSSR count). The molecule has 0 saturated carbocycles. The highest BCUT2D eigenvalue weighted by Gasteiger charge is 2.26. The van der Waals surface area contributed by atoms with Gasteiger partial charge in [0.1, 0.15) is 0 Å². The number of sulfonamides is 1. The van der Waals surface area contributed by atoms with Crippen LogP contribution < -0.4 is 10.6 Å². The molecule has 26 heavy (non-hydrogen) atoms. The lowest BCUT2D eigenvalue weighted by Gasteiger charge is -2.28. The summed E-state index contributed by atoms with van der Waals surface area (Å²) in [5, 5.41) is 5.64. The highest BCUT2D eigenvalue weighted by atomic mass is 32.2. The van der Waals surface area contributed by atoms with Crippen LogP contribution in [-0.4, -0.2) is 50.3 Å². The summed E-state index contributed by atoms with van der Waals surface area (Å²) in [6, 6.07) is 5.43.